The first-order chi connectivity index (χ1) is 3.85. The number of ether oxygens (including phenoxy) is 1. The lowest BCUT2D eigenvalue weighted by Gasteiger charge is -2.01. The third-order valence-corrected chi connectivity index (χ3v) is 0.873. The number of halogens is 1. The lowest BCUT2D eigenvalue weighted by Crippen LogP contribution is -2.09. The van der Waals surface area contributed by atoms with Crippen LogP contribution in [0.3, 0.4) is 0 Å². The Hall–Kier alpha value is -0.150. The fourth-order valence-corrected chi connectivity index (χ4v) is 0.441. The zero-order valence-corrected chi connectivity index (χ0v) is 5.39. The normalized spacial score (nSPS) is 13.2. The number of hydrogen-bond acceptors (Lipinski definition) is 3. The molecule has 0 aliphatic rings. The monoisotopic (exact) mass is 137 g/mol. The summed E-state index contributed by atoms with van der Waals surface area (Å²) in [6, 6.07) is 0. The van der Waals surface area contributed by atoms with Gasteiger partial charge in [-0.3, -0.25) is 0 Å². The quantitative estimate of drug-likeness (QED) is 0.434. The van der Waals surface area contributed by atoms with Crippen molar-refractivity contribution in [1.82, 2.24) is 0 Å². The smallest absolute Gasteiger partial charge is 0.203 e. The van der Waals surface area contributed by atoms with Crippen molar-refractivity contribution in [3.63, 3.8) is 0 Å². The molecule has 0 amide bonds. The van der Waals surface area contributed by atoms with Crippen molar-refractivity contribution < 1.29 is 4.74 Å². The van der Waals surface area contributed by atoms with Gasteiger partial charge in [0.2, 0.25) is 6.23 Å². The Bertz CT molecular complexity index is 69.1. The summed E-state index contributed by atoms with van der Waals surface area (Å²) in [6.45, 7) is 2.26. The molecule has 0 spiro atoms. The van der Waals surface area contributed by atoms with Gasteiger partial charge < -0.3 is 4.74 Å². The van der Waals surface area contributed by atoms with Gasteiger partial charge in [-0.1, -0.05) is 0 Å². The van der Waals surface area contributed by atoms with Gasteiger partial charge in [0, 0.05) is 6.61 Å². The molecule has 0 bridgehead atoms. The molecule has 8 heavy (non-hydrogen) atoms. The van der Waals surface area contributed by atoms with Gasteiger partial charge in [-0.25, -0.2) is 0 Å². The summed E-state index contributed by atoms with van der Waals surface area (Å²) in [7, 11) is 0. The Morgan fingerprint density at radius 3 is 2.62 bits per heavy atom. The minimum atomic E-state index is -0.665. The molecule has 48 valence electrons. The van der Waals surface area contributed by atoms with Gasteiger partial charge in [-0.15, -0.1) is 16.5 Å². The van der Waals surface area contributed by atoms with Crippen molar-refractivity contribution in [3.05, 3.63) is 4.91 Å². The Morgan fingerprint density at radius 2 is 2.50 bits per heavy atom. The van der Waals surface area contributed by atoms with E-state index >= 15 is 0 Å². The maximum Gasteiger partial charge on any atom is 0.203 e. The first-order valence-electron chi connectivity index (χ1n) is 2.35. The molecule has 0 radical (unpaired) electrons. The molecule has 0 aromatic rings. The highest BCUT2D eigenvalue weighted by atomic mass is 35.5. The van der Waals surface area contributed by atoms with Gasteiger partial charge in [0.25, 0.3) is 0 Å². The van der Waals surface area contributed by atoms with Crippen LogP contribution in [0.2, 0.25) is 0 Å². The van der Waals surface area contributed by atoms with Crippen molar-refractivity contribution in [3.8, 4) is 0 Å². The molecule has 0 aliphatic heterocycles. The van der Waals surface area contributed by atoms with E-state index in [-0.39, 0.29) is 5.88 Å². The van der Waals surface area contributed by atoms with E-state index in [1.807, 2.05) is 0 Å². The second kappa shape index (κ2) is 5.00. The number of hydrogen-bond donors (Lipinski definition) is 0. The fourth-order valence-electron chi connectivity index (χ4n) is 0.296. The predicted molar refractivity (Wildman–Crippen MR) is 31.9 cm³/mol. The first-order valence-corrected chi connectivity index (χ1v) is 2.88. The van der Waals surface area contributed by atoms with Crippen LogP contribution >= 0.6 is 11.6 Å². The third kappa shape index (κ3) is 2.93. The van der Waals surface area contributed by atoms with Crippen LogP contribution in [0.15, 0.2) is 5.18 Å². The molecule has 0 fully saturated rings. The van der Waals surface area contributed by atoms with E-state index in [9.17, 15) is 4.91 Å². The molecule has 3 nitrogen and oxygen atoms in total. The van der Waals surface area contributed by atoms with E-state index < -0.39 is 6.23 Å². The Labute approximate surface area is 52.9 Å². The summed E-state index contributed by atoms with van der Waals surface area (Å²) in [5, 5.41) is 2.59. The van der Waals surface area contributed by atoms with E-state index in [0.29, 0.717) is 6.61 Å². The highest BCUT2D eigenvalue weighted by Gasteiger charge is 2.02. The van der Waals surface area contributed by atoms with Crippen LogP contribution in [0, 0.1) is 4.91 Å². The van der Waals surface area contributed by atoms with E-state index in [2.05, 4.69) is 5.18 Å². The maximum atomic E-state index is 9.67. The van der Waals surface area contributed by atoms with Crippen molar-refractivity contribution in [2.45, 2.75) is 13.2 Å². The molecule has 4 heteroatoms. The van der Waals surface area contributed by atoms with Gasteiger partial charge in [-0.2, -0.15) is 0 Å². The van der Waals surface area contributed by atoms with Crippen LogP contribution in [0.5, 0.6) is 0 Å². The largest absolute Gasteiger partial charge is 0.352 e. The van der Waals surface area contributed by atoms with Crippen LogP contribution in [0.25, 0.3) is 0 Å². The summed E-state index contributed by atoms with van der Waals surface area (Å²) >= 11 is 5.23. The second-order valence-corrected chi connectivity index (χ2v) is 1.48. The third-order valence-electron chi connectivity index (χ3n) is 0.609. The summed E-state index contributed by atoms with van der Waals surface area (Å²) in [6.07, 6.45) is -0.665. The predicted octanol–water partition coefficient (Wildman–Crippen LogP) is 1.35. The van der Waals surface area contributed by atoms with E-state index in [0.717, 1.165) is 0 Å². The van der Waals surface area contributed by atoms with Crippen LogP contribution in [0.4, 0.5) is 0 Å². The van der Waals surface area contributed by atoms with Crippen molar-refractivity contribution in [2.24, 2.45) is 5.18 Å². The fraction of sp³-hybridized carbons (Fsp3) is 1.00. The molecule has 1 atom stereocenters. The molecule has 0 N–H and O–H groups in total. The molecular formula is C4H8ClNO2. The molecule has 0 aromatic heterocycles. The van der Waals surface area contributed by atoms with Crippen LogP contribution in [0.1, 0.15) is 6.92 Å². The minimum Gasteiger partial charge on any atom is -0.352 e. The number of alkyl halides is 1. The zero-order chi connectivity index (χ0) is 6.41. The maximum absolute atomic E-state index is 9.67. The average Bonchev–Trinajstić information content (AvgIpc) is 1.83. The molecular weight excluding hydrogens is 130 g/mol. The summed E-state index contributed by atoms with van der Waals surface area (Å²) in [5.74, 6) is 0.136. The standard InChI is InChI=1S/C4H8ClNO2/c1-2-8-4(3-5)6-7/h4H,2-3H2,1H3. The van der Waals surface area contributed by atoms with Crippen LogP contribution in [-0.4, -0.2) is 18.7 Å². The molecule has 0 saturated carbocycles. The van der Waals surface area contributed by atoms with Crippen molar-refractivity contribution in [2.75, 3.05) is 12.5 Å². The summed E-state index contributed by atoms with van der Waals surface area (Å²) in [4.78, 5) is 9.67. The molecule has 0 aromatic carbocycles. The molecule has 0 aliphatic carbocycles. The van der Waals surface area contributed by atoms with Gasteiger partial charge in [0.1, 0.15) is 0 Å². The van der Waals surface area contributed by atoms with Crippen molar-refractivity contribution >= 4 is 11.6 Å². The summed E-state index contributed by atoms with van der Waals surface area (Å²) in [5.41, 5.74) is 0. The van der Waals surface area contributed by atoms with Crippen LogP contribution < -0.4 is 0 Å². The SMILES string of the molecule is CCOC(CCl)N=O. The lowest BCUT2D eigenvalue weighted by atomic mass is 10.7. The highest BCUT2D eigenvalue weighted by Crippen LogP contribution is 1.94. The Morgan fingerprint density at radius 1 is 1.88 bits per heavy atom. The number of nitroso groups, excluding NO2 is 1. The van der Waals surface area contributed by atoms with Crippen LogP contribution in [-0.2, 0) is 4.74 Å². The highest BCUT2D eigenvalue weighted by molar-refractivity contribution is 6.18. The topological polar surface area (TPSA) is 38.7 Å². The molecule has 0 rings (SSSR count). The van der Waals surface area contributed by atoms with Gasteiger partial charge in [0.15, 0.2) is 0 Å². The lowest BCUT2D eigenvalue weighted by molar-refractivity contribution is 0.0843. The summed E-state index contributed by atoms with van der Waals surface area (Å²) < 4.78 is 4.73. The molecule has 0 heterocycles. The molecule has 0 saturated heterocycles. The zero-order valence-electron chi connectivity index (χ0n) is 4.63. The second-order valence-electron chi connectivity index (χ2n) is 1.17. The Balaban J connectivity index is 3.21. The van der Waals surface area contributed by atoms with Gasteiger partial charge >= 0.3 is 0 Å². The van der Waals surface area contributed by atoms with Crippen molar-refractivity contribution in [1.29, 1.82) is 0 Å². The number of nitrogens with zero attached hydrogens (tertiary/aromatic N) is 1. The van der Waals surface area contributed by atoms with E-state index in [1.165, 1.54) is 0 Å². The first kappa shape index (κ1) is 7.85. The Kier molecular flexibility index (Phi) is 4.90. The van der Waals surface area contributed by atoms with E-state index in [4.69, 9.17) is 16.3 Å². The number of rotatable bonds is 4. The van der Waals surface area contributed by atoms with Gasteiger partial charge in [0.05, 0.1) is 5.88 Å². The minimum absolute atomic E-state index is 0.136. The van der Waals surface area contributed by atoms with Gasteiger partial charge in [-0.05, 0) is 12.1 Å². The molecule has 1 unspecified atom stereocenters. The average molecular weight is 138 g/mol. The van der Waals surface area contributed by atoms with E-state index in [1.54, 1.807) is 6.92 Å².